The molecule has 5 nitrogen and oxygen atoms in total. The van der Waals surface area contributed by atoms with Gasteiger partial charge in [-0.2, -0.15) is 4.98 Å². The topological polar surface area (TPSA) is 67.2 Å². The van der Waals surface area contributed by atoms with E-state index in [2.05, 4.69) is 15.6 Å². The Kier molecular flexibility index (Phi) is 4.20. The molecule has 2 N–H and O–H groups in total. The van der Waals surface area contributed by atoms with Gasteiger partial charge < -0.3 is 15.1 Å². The van der Waals surface area contributed by atoms with Gasteiger partial charge >= 0.3 is 0 Å². The summed E-state index contributed by atoms with van der Waals surface area (Å²) in [6, 6.07) is 7.74. The molecule has 2 aromatic heterocycles. The summed E-state index contributed by atoms with van der Waals surface area (Å²) in [6.07, 6.45) is 0.767. The lowest BCUT2D eigenvalue weighted by molar-refractivity contribution is 0.0964. The Balaban J connectivity index is 2.32. The molecule has 24 heavy (non-hydrogen) atoms. The number of furan rings is 1. The summed E-state index contributed by atoms with van der Waals surface area (Å²) < 4.78 is 19.1. The van der Waals surface area contributed by atoms with Gasteiger partial charge in [0.2, 0.25) is 5.71 Å². The van der Waals surface area contributed by atoms with Gasteiger partial charge in [-0.3, -0.25) is 4.79 Å². The molecule has 0 bridgehead atoms. The van der Waals surface area contributed by atoms with E-state index in [1.54, 1.807) is 26.2 Å². The van der Waals surface area contributed by atoms with Gasteiger partial charge in [0.05, 0.1) is 10.9 Å². The highest BCUT2D eigenvalue weighted by atomic mass is 19.1. The summed E-state index contributed by atoms with van der Waals surface area (Å²) >= 11 is 0. The fourth-order valence-electron chi connectivity index (χ4n) is 2.71. The third-order valence-electron chi connectivity index (χ3n) is 3.94. The number of anilines is 1. The first-order valence-electron chi connectivity index (χ1n) is 7.71. The van der Waals surface area contributed by atoms with Gasteiger partial charge in [0, 0.05) is 19.7 Å². The number of carbonyl (C=O) groups is 1. The van der Waals surface area contributed by atoms with Crippen LogP contribution in [0.1, 0.15) is 22.8 Å². The molecular weight excluding hydrogens is 309 g/mol. The number of pyridine rings is 1. The Morgan fingerprint density at radius 1 is 1.25 bits per heavy atom. The van der Waals surface area contributed by atoms with Crippen LogP contribution in [0.2, 0.25) is 0 Å². The first kappa shape index (κ1) is 16.0. The average molecular weight is 327 g/mol. The van der Waals surface area contributed by atoms with Crippen LogP contribution < -0.4 is 10.6 Å². The summed E-state index contributed by atoms with van der Waals surface area (Å²) in [4.78, 5) is 16.9. The monoisotopic (exact) mass is 327 g/mol. The Morgan fingerprint density at radius 2 is 1.96 bits per heavy atom. The minimum absolute atomic E-state index is 0.269. The molecule has 0 aliphatic carbocycles. The van der Waals surface area contributed by atoms with E-state index in [9.17, 15) is 9.18 Å². The predicted molar refractivity (Wildman–Crippen MR) is 91.7 cm³/mol. The predicted octanol–water partition coefficient (Wildman–Crippen LogP) is 3.60. The van der Waals surface area contributed by atoms with E-state index in [1.165, 1.54) is 12.1 Å². The molecule has 0 unspecified atom stereocenters. The highest BCUT2D eigenvalue weighted by Crippen LogP contribution is 2.35. The van der Waals surface area contributed by atoms with E-state index in [0.29, 0.717) is 33.8 Å². The van der Waals surface area contributed by atoms with Gasteiger partial charge in [0.25, 0.3) is 5.91 Å². The number of aromatic nitrogens is 1. The van der Waals surface area contributed by atoms with Crippen molar-refractivity contribution in [3.63, 3.8) is 0 Å². The number of halogens is 1. The number of hydrogen-bond acceptors (Lipinski definition) is 4. The minimum Gasteiger partial charge on any atom is -0.437 e. The van der Waals surface area contributed by atoms with Crippen LogP contribution in [0.15, 0.2) is 34.7 Å². The number of nitrogens with one attached hydrogen (secondary N) is 2. The molecule has 2 heterocycles. The maximum Gasteiger partial charge on any atom is 0.255 e. The van der Waals surface area contributed by atoms with Crippen molar-refractivity contribution in [2.75, 3.05) is 19.4 Å². The van der Waals surface area contributed by atoms with Crippen molar-refractivity contribution < 1.29 is 13.6 Å². The highest BCUT2D eigenvalue weighted by molar-refractivity contribution is 6.10. The summed E-state index contributed by atoms with van der Waals surface area (Å²) in [6.45, 7) is 2.02. The Labute approximate surface area is 138 Å². The van der Waals surface area contributed by atoms with Crippen LogP contribution in [-0.4, -0.2) is 25.0 Å². The number of carbonyl (C=O) groups excluding carboxylic acids is 1. The largest absolute Gasteiger partial charge is 0.437 e. The molecule has 0 aliphatic heterocycles. The second kappa shape index (κ2) is 6.31. The molecule has 0 atom stereocenters. The SMILES string of the molecule is CCc1cc2c(C(=O)NC)c(-c3ccc(F)cc3)oc2nc1NC. The molecule has 0 fully saturated rings. The van der Waals surface area contributed by atoms with E-state index in [0.717, 1.165) is 12.0 Å². The molecule has 3 aromatic rings. The van der Waals surface area contributed by atoms with E-state index in [4.69, 9.17) is 4.42 Å². The first-order chi connectivity index (χ1) is 11.6. The van der Waals surface area contributed by atoms with Crippen LogP contribution in [0.3, 0.4) is 0 Å². The van der Waals surface area contributed by atoms with Crippen molar-refractivity contribution in [1.29, 1.82) is 0 Å². The second-order valence-electron chi connectivity index (χ2n) is 5.34. The lowest BCUT2D eigenvalue weighted by Gasteiger charge is -2.06. The number of nitrogens with zero attached hydrogens (tertiary/aromatic N) is 1. The minimum atomic E-state index is -0.347. The van der Waals surface area contributed by atoms with Crippen molar-refractivity contribution in [3.8, 4) is 11.3 Å². The van der Waals surface area contributed by atoms with Gasteiger partial charge in [0.15, 0.2) is 0 Å². The van der Waals surface area contributed by atoms with Crippen molar-refractivity contribution in [2.24, 2.45) is 0 Å². The Hall–Kier alpha value is -2.89. The number of aryl methyl sites for hydroxylation is 1. The van der Waals surface area contributed by atoms with Gasteiger partial charge in [0.1, 0.15) is 17.4 Å². The number of hydrogen-bond donors (Lipinski definition) is 2. The first-order valence-corrected chi connectivity index (χ1v) is 7.71. The van der Waals surface area contributed by atoms with E-state index in [1.807, 2.05) is 13.0 Å². The highest BCUT2D eigenvalue weighted by Gasteiger charge is 2.23. The van der Waals surface area contributed by atoms with Gasteiger partial charge in [-0.25, -0.2) is 4.39 Å². The van der Waals surface area contributed by atoms with Crippen LogP contribution in [-0.2, 0) is 6.42 Å². The molecular formula is C18H18FN3O2. The standard InChI is InChI=1S/C18H18FN3O2/c1-4-10-9-13-14(17(23)21-3)15(11-5-7-12(19)8-6-11)24-18(13)22-16(10)20-2/h5-9H,4H2,1-3H3,(H,20,22)(H,21,23). The van der Waals surface area contributed by atoms with Crippen LogP contribution in [0.4, 0.5) is 10.2 Å². The fraction of sp³-hybridized carbons (Fsp3) is 0.222. The summed E-state index contributed by atoms with van der Waals surface area (Å²) in [5.41, 5.74) is 2.39. The summed E-state index contributed by atoms with van der Waals surface area (Å²) in [5.74, 6) is 0.481. The van der Waals surface area contributed by atoms with Gasteiger partial charge in [-0.1, -0.05) is 6.92 Å². The number of fused-ring (bicyclic) bond motifs is 1. The van der Waals surface area contributed by atoms with E-state index in [-0.39, 0.29) is 11.7 Å². The molecule has 0 spiro atoms. The quantitative estimate of drug-likeness (QED) is 0.768. The van der Waals surface area contributed by atoms with Crippen molar-refractivity contribution >= 4 is 22.8 Å². The lowest BCUT2D eigenvalue weighted by Crippen LogP contribution is -2.18. The second-order valence-corrected chi connectivity index (χ2v) is 5.34. The van der Waals surface area contributed by atoms with Crippen LogP contribution in [0, 0.1) is 5.82 Å². The zero-order valence-corrected chi connectivity index (χ0v) is 13.7. The van der Waals surface area contributed by atoms with E-state index < -0.39 is 0 Å². The van der Waals surface area contributed by atoms with Crippen molar-refractivity contribution in [2.45, 2.75) is 13.3 Å². The molecule has 3 rings (SSSR count). The molecule has 0 saturated heterocycles. The molecule has 124 valence electrons. The third kappa shape index (κ3) is 2.60. The number of benzene rings is 1. The van der Waals surface area contributed by atoms with Gasteiger partial charge in [-0.05, 0) is 42.3 Å². The normalized spacial score (nSPS) is 10.8. The lowest BCUT2D eigenvalue weighted by atomic mass is 10.0. The van der Waals surface area contributed by atoms with Crippen LogP contribution in [0.25, 0.3) is 22.4 Å². The Bertz CT molecular complexity index is 901. The number of amides is 1. The molecule has 1 amide bonds. The zero-order valence-electron chi connectivity index (χ0n) is 13.7. The fourth-order valence-corrected chi connectivity index (χ4v) is 2.71. The molecule has 0 radical (unpaired) electrons. The smallest absolute Gasteiger partial charge is 0.255 e. The summed E-state index contributed by atoms with van der Waals surface area (Å²) in [7, 11) is 3.35. The van der Waals surface area contributed by atoms with E-state index >= 15 is 0 Å². The maximum atomic E-state index is 13.2. The van der Waals surface area contributed by atoms with Gasteiger partial charge in [-0.15, -0.1) is 0 Å². The third-order valence-corrected chi connectivity index (χ3v) is 3.94. The molecule has 0 aliphatic rings. The average Bonchev–Trinajstić information content (AvgIpc) is 2.98. The van der Waals surface area contributed by atoms with Crippen LogP contribution >= 0.6 is 0 Å². The maximum absolute atomic E-state index is 13.2. The molecule has 0 saturated carbocycles. The van der Waals surface area contributed by atoms with Crippen LogP contribution in [0.5, 0.6) is 0 Å². The zero-order chi connectivity index (χ0) is 17.3. The molecule has 6 heteroatoms. The van der Waals surface area contributed by atoms with Crippen molar-refractivity contribution in [1.82, 2.24) is 10.3 Å². The van der Waals surface area contributed by atoms with Crippen molar-refractivity contribution in [3.05, 3.63) is 47.3 Å². The summed E-state index contributed by atoms with van der Waals surface area (Å²) in [5, 5.41) is 6.31. The molecule has 1 aromatic carbocycles. The Morgan fingerprint density at radius 3 is 2.54 bits per heavy atom. The number of rotatable bonds is 4.